The molecule has 0 fully saturated rings. The van der Waals surface area contributed by atoms with Gasteiger partial charge in [0, 0.05) is 24.0 Å². The summed E-state index contributed by atoms with van der Waals surface area (Å²) in [6.45, 7) is 2.07. The molecule has 18 heavy (non-hydrogen) atoms. The molecular weight excluding hydrogens is 264 g/mol. The van der Waals surface area contributed by atoms with Crippen molar-refractivity contribution in [2.75, 3.05) is 18.0 Å². The van der Waals surface area contributed by atoms with Gasteiger partial charge >= 0.3 is 0 Å². The number of benzene rings is 1. The van der Waals surface area contributed by atoms with Crippen molar-refractivity contribution in [1.82, 2.24) is 4.98 Å². The highest BCUT2D eigenvalue weighted by molar-refractivity contribution is 7.14. The van der Waals surface area contributed by atoms with Crippen molar-refractivity contribution in [2.24, 2.45) is 0 Å². The molecule has 0 atom stereocenters. The second-order valence-electron chi connectivity index (χ2n) is 4.09. The lowest BCUT2D eigenvalue weighted by Crippen LogP contribution is -2.26. The first-order chi connectivity index (χ1) is 8.43. The largest absolute Gasteiger partial charge is 0.344 e. The summed E-state index contributed by atoms with van der Waals surface area (Å²) in [6.07, 6.45) is 5.58. The van der Waals surface area contributed by atoms with E-state index in [9.17, 15) is 0 Å². The Bertz CT molecular complexity index is 522. The SMILES string of the molecule is C1=CCN(c2nc(-c3ccccc3)cs2)CC1.Cl. The van der Waals surface area contributed by atoms with Gasteiger partial charge in [0.2, 0.25) is 0 Å². The van der Waals surface area contributed by atoms with Gasteiger partial charge in [0.25, 0.3) is 0 Å². The van der Waals surface area contributed by atoms with E-state index in [0.717, 1.165) is 30.3 Å². The van der Waals surface area contributed by atoms with Gasteiger partial charge in [-0.3, -0.25) is 0 Å². The molecular formula is C14H15ClN2S. The van der Waals surface area contributed by atoms with E-state index >= 15 is 0 Å². The minimum Gasteiger partial charge on any atom is -0.344 e. The van der Waals surface area contributed by atoms with Gasteiger partial charge in [0.15, 0.2) is 5.13 Å². The van der Waals surface area contributed by atoms with E-state index in [2.05, 4.69) is 46.7 Å². The number of rotatable bonds is 2. The van der Waals surface area contributed by atoms with Gasteiger partial charge in [0.05, 0.1) is 5.69 Å². The first-order valence-electron chi connectivity index (χ1n) is 5.84. The van der Waals surface area contributed by atoms with E-state index in [1.807, 2.05) is 6.07 Å². The van der Waals surface area contributed by atoms with Gasteiger partial charge in [0.1, 0.15) is 0 Å². The summed E-state index contributed by atoms with van der Waals surface area (Å²) in [7, 11) is 0. The number of anilines is 1. The minimum absolute atomic E-state index is 0. The zero-order valence-electron chi connectivity index (χ0n) is 9.95. The van der Waals surface area contributed by atoms with Gasteiger partial charge in [-0.1, -0.05) is 42.5 Å². The Morgan fingerprint density at radius 3 is 2.67 bits per heavy atom. The predicted octanol–water partition coefficient (Wildman–Crippen LogP) is 4.00. The molecule has 2 aromatic rings. The van der Waals surface area contributed by atoms with Gasteiger partial charge < -0.3 is 4.90 Å². The molecule has 0 N–H and O–H groups in total. The van der Waals surface area contributed by atoms with Crippen molar-refractivity contribution in [2.45, 2.75) is 6.42 Å². The molecule has 1 aliphatic rings. The number of hydrogen-bond donors (Lipinski definition) is 0. The molecule has 4 heteroatoms. The fourth-order valence-electron chi connectivity index (χ4n) is 1.97. The normalized spacial score (nSPS) is 14.3. The summed E-state index contributed by atoms with van der Waals surface area (Å²) in [5.41, 5.74) is 2.28. The molecule has 0 saturated carbocycles. The molecule has 1 aliphatic heterocycles. The predicted molar refractivity (Wildman–Crippen MR) is 80.8 cm³/mol. The zero-order valence-corrected chi connectivity index (χ0v) is 11.6. The summed E-state index contributed by atoms with van der Waals surface area (Å²) in [5.74, 6) is 0. The third kappa shape index (κ3) is 2.74. The van der Waals surface area contributed by atoms with Crippen LogP contribution in [0, 0.1) is 0 Å². The molecule has 0 amide bonds. The Kier molecular flexibility index (Phi) is 4.39. The highest BCUT2D eigenvalue weighted by atomic mass is 35.5. The number of hydrogen-bond acceptors (Lipinski definition) is 3. The smallest absolute Gasteiger partial charge is 0.186 e. The van der Waals surface area contributed by atoms with Gasteiger partial charge in [-0.15, -0.1) is 23.7 Å². The molecule has 1 aromatic carbocycles. The van der Waals surface area contributed by atoms with E-state index in [1.165, 1.54) is 5.56 Å². The van der Waals surface area contributed by atoms with Crippen LogP contribution in [0.4, 0.5) is 5.13 Å². The van der Waals surface area contributed by atoms with Crippen LogP contribution in [0.1, 0.15) is 6.42 Å². The fourth-order valence-corrected chi connectivity index (χ4v) is 2.84. The van der Waals surface area contributed by atoms with E-state index < -0.39 is 0 Å². The van der Waals surface area contributed by atoms with E-state index in [1.54, 1.807) is 11.3 Å². The van der Waals surface area contributed by atoms with Crippen molar-refractivity contribution < 1.29 is 0 Å². The molecule has 3 rings (SSSR count). The fraction of sp³-hybridized carbons (Fsp3) is 0.214. The Morgan fingerprint density at radius 2 is 1.94 bits per heavy atom. The highest BCUT2D eigenvalue weighted by Gasteiger charge is 2.12. The molecule has 1 aromatic heterocycles. The molecule has 94 valence electrons. The molecule has 0 aliphatic carbocycles. The zero-order chi connectivity index (χ0) is 11.5. The Hall–Kier alpha value is -1.32. The first kappa shape index (κ1) is 13.1. The summed E-state index contributed by atoms with van der Waals surface area (Å²) in [6, 6.07) is 10.4. The van der Waals surface area contributed by atoms with E-state index in [-0.39, 0.29) is 12.4 Å². The quantitative estimate of drug-likeness (QED) is 0.772. The lowest BCUT2D eigenvalue weighted by Gasteiger charge is -2.22. The summed E-state index contributed by atoms with van der Waals surface area (Å²) in [5, 5.41) is 3.27. The number of nitrogens with zero attached hydrogens (tertiary/aromatic N) is 2. The summed E-state index contributed by atoms with van der Waals surface area (Å²) in [4.78, 5) is 7.05. The monoisotopic (exact) mass is 278 g/mol. The van der Waals surface area contributed by atoms with Gasteiger partial charge in [-0.2, -0.15) is 0 Å². The van der Waals surface area contributed by atoms with Crippen molar-refractivity contribution in [1.29, 1.82) is 0 Å². The Balaban J connectivity index is 0.00000120. The van der Waals surface area contributed by atoms with Crippen molar-refractivity contribution in [3.05, 3.63) is 47.9 Å². The van der Waals surface area contributed by atoms with Crippen LogP contribution in [0.5, 0.6) is 0 Å². The second-order valence-corrected chi connectivity index (χ2v) is 4.92. The average molecular weight is 279 g/mol. The van der Waals surface area contributed by atoms with Crippen LogP contribution in [-0.4, -0.2) is 18.1 Å². The molecule has 2 nitrogen and oxygen atoms in total. The standard InChI is InChI=1S/C14H14N2S.ClH/c1-3-7-12(8-4-1)13-11-17-14(15-13)16-9-5-2-6-10-16;/h1-5,7-8,11H,6,9-10H2;1H. The van der Waals surface area contributed by atoms with Crippen LogP contribution in [0.15, 0.2) is 47.9 Å². The van der Waals surface area contributed by atoms with Crippen LogP contribution >= 0.6 is 23.7 Å². The van der Waals surface area contributed by atoms with Crippen LogP contribution in [0.2, 0.25) is 0 Å². The maximum Gasteiger partial charge on any atom is 0.186 e. The second kappa shape index (κ2) is 6.03. The molecule has 0 bridgehead atoms. The first-order valence-corrected chi connectivity index (χ1v) is 6.72. The Labute approximate surface area is 117 Å². The molecule has 0 radical (unpaired) electrons. The van der Waals surface area contributed by atoms with Crippen molar-refractivity contribution in [3.63, 3.8) is 0 Å². The molecule has 0 saturated heterocycles. The van der Waals surface area contributed by atoms with E-state index in [0.29, 0.717) is 0 Å². The van der Waals surface area contributed by atoms with Crippen LogP contribution < -0.4 is 4.90 Å². The highest BCUT2D eigenvalue weighted by Crippen LogP contribution is 2.27. The molecule has 0 spiro atoms. The van der Waals surface area contributed by atoms with Crippen molar-refractivity contribution in [3.8, 4) is 11.3 Å². The Morgan fingerprint density at radius 1 is 1.11 bits per heavy atom. The lowest BCUT2D eigenvalue weighted by atomic mass is 10.2. The third-order valence-electron chi connectivity index (χ3n) is 2.89. The van der Waals surface area contributed by atoms with Crippen LogP contribution in [0.3, 0.4) is 0 Å². The minimum atomic E-state index is 0. The van der Waals surface area contributed by atoms with Gasteiger partial charge in [-0.05, 0) is 6.42 Å². The van der Waals surface area contributed by atoms with Crippen LogP contribution in [0.25, 0.3) is 11.3 Å². The van der Waals surface area contributed by atoms with Gasteiger partial charge in [-0.25, -0.2) is 4.98 Å². The van der Waals surface area contributed by atoms with Crippen molar-refractivity contribution >= 4 is 28.9 Å². The molecule has 2 heterocycles. The molecule has 0 unspecified atom stereocenters. The third-order valence-corrected chi connectivity index (χ3v) is 3.79. The topological polar surface area (TPSA) is 16.1 Å². The maximum atomic E-state index is 4.71. The lowest BCUT2D eigenvalue weighted by molar-refractivity contribution is 0.817. The number of halogens is 1. The summed E-state index contributed by atoms with van der Waals surface area (Å²) >= 11 is 1.73. The van der Waals surface area contributed by atoms with Crippen LogP contribution in [-0.2, 0) is 0 Å². The average Bonchev–Trinajstić information content (AvgIpc) is 2.90. The maximum absolute atomic E-state index is 4.71. The number of aromatic nitrogens is 1. The summed E-state index contributed by atoms with van der Waals surface area (Å²) < 4.78 is 0. The van der Waals surface area contributed by atoms with E-state index in [4.69, 9.17) is 4.98 Å². The number of thiazole rings is 1.